The van der Waals surface area contributed by atoms with Gasteiger partial charge in [-0.3, -0.25) is 9.79 Å². The van der Waals surface area contributed by atoms with Crippen molar-refractivity contribution >= 4 is 47.2 Å². The number of phenolic OH excluding ortho intramolecular Hbond substituents is 1. The second-order valence-electron chi connectivity index (χ2n) is 6.64. The number of terminal acetylenes is 1. The van der Waals surface area contributed by atoms with Crippen LogP contribution in [0, 0.1) is 12.3 Å². The smallest absolute Gasteiger partial charge is 0.243 e. The van der Waals surface area contributed by atoms with Gasteiger partial charge in [-0.15, -0.1) is 30.4 Å². The molecule has 1 heterocycles. The van der Waals surface area contributed by atoms with Crippen LogP contribution in [0.1, 0.15) is 5.56 Å². The van der Waals surface area contributed by atoms with Gasteiger partial charge >= 0.3 is 0 Å². The molecule has 158 valence electrons. The summed E-state index contributed by atoms with van der Waals surface area (Å²) in [6, 6.07) is 14.5. The molecule has 8 heteroatoms. The number of rotatable bonds is 4. The van der Waals surface area contributed by atoms with Crippen LogP contribution in [0.2, 0.25) is 0 Å². The summed E-state index contributed by atoms with van der Waals surface area (Å²) in [6.07, 6.45) is 5.39. The van der Waals surface area contributed by atoms with Gasteiger partial charge in [-0.2, -0.15) is 0 Å². The number of hydrogen-bond acceptors (Lipinski definition) is 4. The molecular formula is C22H26IN5O2. The van der Waals surface area contributed by atoms with E-state index in [1.807, 2.05) is 24.3 Å². The van der Waals surface area contributed by atoms with E-state index in [9.17, 15) is 9.90 Å². The van der Waals surface area contributed by atoms with E-state index in [1.54, 1.807) is 31.3 Å². The number of piperazine rings is 1. The first kappa shape index (κ1) is 23.3. The summed E-state index contributed by atoms with van der Waals surface area (Å²) in [5, 5.41) is 16.0. The van der Waals surface area contributed by atoms with E-state index in [2.05, 4.69) is 31.3 Å². The minimum atomic E-state index is -0.173. The number of amides is 1. The van der Waals surface area contributed by atoms with Crippen molar-refractivity contribution in [2.75, 3.05) is 50.0 Å². The average molecular weight is 519 g/mol. The maximum absolute atomic E-state index is 12.3. The van der Waals surface area contributed by atoms with Crippen LogP contribution in [-0.2, 0) is 4.79 Å². The second-order valence-corrected chi connectivity index (χ2v) is 6.64. The molecule has 0 aromatic heterocycles. The maximum atomic E-state index is 12.3. The molecule has 0 aliphatic carbocycles. The minimum absolute atomic E-state index is 0. The first-order valence-electron chi connectivity index (χ1n) is 9.46. The molecule has 0 bridgehead atoms. The Bertz CT molecular complexity index is 933. The molecule has 3 N–H and O–H groups in total. The normalized spacial score (nSPS) is 13.8. The molecule has 7 nitrogen and oxygen atoms in total. The van der Waals surface area contributed by atoms with Gasteiger partial charge in [0.05, 0.1) is 12.2 Å². The van der Waals surface area contributed by atoms with E-state index in [1.165, 1.54) is 0 Å². The summed E-state index contributed by atoms with van der Waals surface area (Å²) < 4.78 is 0. The Morgan fingerprint density at radius 1 is 1.17 bits per heavy atom. The van der Waals surface area contributed by atoms with Crippen LogP contribution in [0.5, 0.6) is 5.75 Å². The Labute approximate surface area is 194 Å². The quantitative estimate of drug-likeness (QED) is 0.250. The van der Waals surface area contributed by atoms with E-state index in [0.29, 0.717) is 17.2 Å². The van der Waals surface area contributed by atoms with Gasteiger partial charge in [0.1, 0.15) is 5.75 Å². The number of carbonyl (C=O) groups excluding carboxylic acids is 1. The minimum Gasteiger partial charge on any atom is -0.506 e. The number of aliphatic imine (C=N–C) groups is 1. The third-order valence-electron chi connectivity index (χ3n) is 4.73. The number of halogens is 1. The molecule has 2 aromatic carbocycles. The van der Waals surface area contributed by atoms with Crippen LogP contribution < -0.4 is 15.5 Å². The lowest BCUT2D eigenvalue weighted by Gasteiger charge is -2.37. The lowest BCUT2D eigenvalue weighted by molar-refractivity contribution is -0.115. The fraction of sp³-hybridized carbons (Fsp3) is 0.273. The zero-order valence-electron chi connectivity index (χ0n) is 16.8. The van der Waals surface area contributed by atoms with Crippen molar-refractivity contribution in [2.24, 2.45) is 4.99 Å². The first-order valence-corrected chi connectivity index (χ1v) is 9.46. The standard InChI is InChI=1S/C22H25N5O2.HI/c1-3-17-7-6-8-18(15-17)25-21(29)16-24-22(23-2)27-13-11-26(12-14-27)19-9-4-5-10-20(19)28;/h1,4-10,15,28H,11-14,16H2,2H3,(H,23,24)(H,25,29);1H. The molecule has 30 heavy (non-hydrogen) atoms. The number of guanidine groups is 1. The summed E-state index contributed by atoms with van der Waals surface area (Å²) in [4.78, 5) is 20.8. The number of aromatic hydroxyl groups is 1. The van der Waals surface area contributed by atoms with Crippen molar-refractivity contribution in [3.05, 3.63) is 54.1 Å². The van der Waals surface area contributed by atoms with Crippen LogP contribution in [0.4, 0.5) is 11.4 Å². The van der Waals surface area contributed by atoms with Gasteiger partial charge in [-0.05, 0) is 30.3 Å². The predicted octanol–water partition coefficient (Wildman–Crippen LogP) is 2.33. The lowest BCUT2D eigenvalue weighted by Crippen LogP contribution is -2.53. The molecule has 2 aromatic rings. The summed E-state index contributed by atoms with van der Waals surface area (Å²) in [7, 11) is 1.70. The fourth-order valence-corrected chi connectivity index (χ4v) is 3.27. The molecule has 0 saturated carbocycles. The van der Waals surface area contributed by atoms with E-state index < -0.39 is 0 Å². The number of para-hydroxylation sites is 2. The molecule has 1 amide bonds. The van der Waals surface area contributed by atoms with E-state index >= 15 is 0 Å². The van der Waals surface area contributed by atoms with Crippen LogP contribution in [0.15, 0.2) is 53.5 Å². The third-order valence-corrected chi connectivity index (χ3v) is 4.73. The van der Waals surface area contributed by atoms with Gasteiger partial charge in [0.15, 0.2) is 5.96 Å². The number of nitrogens with one attached hydrogen (secondary N) is 2. The molecule has 1 aliphatic heterocycles. The Kier molecular flexibility index (Phi) is 8.80. The average Bonchev–Trinajstić information content (AvgIpc) is 2.75. The highest BCUT2D eigenvalue weighted by Crippen LogP contribution is 2.27. The Balaban J connectivity index is 0.00000320. The molecule has 0 spiro atoms. The van der Waals surface area contributed by atoms with E-state index in [0.717, 1.165) is 31.9 Å². The number of benzene rings is 2. The molecule has 0 unspecified atom stereocenters. The Morgan fingerprint density at radius 2 is 1.90 bits per heavy atom. The largest absolute Gasteiger partial charge is 0.506 e. The van der Waals surface area contributed by atoms with Gasteiger partial charge < -0.3 is 25.5 Å². The van der Waals surface area contributed by atoms with Gasteiger partial charge in [-0.25, -0.2) is 0 Å². The lowest BCUT2D eigenvalue weighted by atomic mass is 10.2. The molecule has 1 saturated heterocycles. The highest BCUT2D eigenvalue weighted by atomic mass is 127. The molecule has 3 rings (SSSR count). The van der Waals surface area contributed by atoms with Crippen molar-refractivity contribution < 1.29 is 9.90 Å². The van der Waals surface area contributed by atoms with Crippen molar-refractivity contribution in [3.63, 3.8) is 0 Å². The number of carbonyl (C=O) groups is 1. The summed E-state index contributed by atoms with van der Waals surface area (Å²) in [5.74, 6) is 3.34. The summed E-state index contributed by atoms with van der Waals surface area (Å²) >= 11 is 0. The van der Waals surface area contributed by atoms with Gasteiger partial charge in [0.25, 0.3) is 0 Å². The highest BCUT2D eigenvalue weighted by molar-refractivity contribution is 14.0. The first-order chi connectivity index (χ1) is 14.1. The maximum Gasteiger partial charge on any atom is 0.243 e. The molecule has 0 atom stereocenters. The van der Waals surface area contributed by atoms with Crippen LogP contribution in [0.3, 0.4) is 0 Å². The van der Waals surface area contributed by atoms with Gasteiger partial charge in [-0.1, -0.05) is 24.1 Å². The summed E-state index contributed by atoms with van der Waals surface area (Å²) in [6.45, 7) is 3.08. The molecule has 1 aliphatic rings. The van der Waals surface area contributed by atoms with Crippen molar-refractivity contribution in [3.8, 4) is 18.1 Å². The topological polar surface area (TPSA) is 80.2 Å². The van der Waals surface area contributed by atoms with Crippen molar-refractivity contribution in [1.82, 2.24) is 10.2 Å². The number of nitrogens with zero attached hydrogens (tertiary/aromatic N) is 3. The number of anilines is 2. The van der Waals surface area contributed by atoms with E-state index in [-0.39, 0.29) is 42.2 Å². The van der Waals surface area contributed by atoms with Crippen LogP contribution >= 0.6 is 24.0 Å². The molecular weight excluding hydrogens is 493 g/mol. The Morgan fingerprint density at radius 3 is 2.57 bits per heavy atom. The molecule has 0 radical (unpaired) electrons. The third kappa shape index (κ3) is 6.03. The highest BCUT2D eigenvalue weighted by Gasteiger charge is 2.21. The zero-order chi connectivity index (χ0) is 20.6. The second kappa shape index (κ2) is 11.3. The van der Waals surface area contributed by atoms with Crippen molar-refractivity contribution in [2.45, 2.75) is 0 Å². The SMILES string of the molecule is C#Cc1cccc(NC(=O)CNC(=NC)N2CCN(c3ccccc3O)CC2)c1.I. The van der Waals surface area contributed by atoms with Crippen LogP contribution in [-0.4, -0.2) is 61.6 Å². The van der Waals surface area contributed by atoms with Crippen LogP contribution in [0.25, 0.3) is 0 Å². The van der Waals surface area contributed by atoms with E-state index in [4.69, 9.17) is 6.42 Å². The zero-order valence-corrected chi connectivity index (χ0v) is 19.2. The van der Waals surface area contributed by atoms with Gasteiger partial charge in [0, 0.05) is 44.5 Å². The number of hydrogen-bond donors (Lipinski definition) is 3. The summed E-state index contributed by atoms with van der Waals surface area (Å²) in [5.41, 5.74) is 2.22. The molecule has 1 fully saturated rings. The van der Waals surface area contributed by atoms with Gasteiger partial charge in [0.2, 0.25) is 5.91 Å². The van der Waals surface area contributed by atoms with Crippen molar-refractivity contribution in [1.29, 1.82) is 0 Å². The number of phenols is 1. The Hall–Kier alpha value is -2.93. The monoisotopic (exact) mass is 519 g/mol. The predicted molar refractivity (Wildman–Crippen MR) is 132 cm³/mol. The fourth-order valence-electron chi connectivity index (χ4n) is 3.27.